The molecule has 1 aliphatic carbocycles. The van der Waals surface area contributed by atoms with Gasteiger partial charge in [-0.1, -0.05) is 20.8 Å². The third-order valence-corrected chi connectivity index (χ3v) is 3.67. The molecule has 1 heterocycles. The van der Waals surface area contributed by atoms with Crippen molar-refractivity contribution in [2.24, 2.45) is 5.92 Å². The van der Waals surface area contributed by atoms with Crippen LogP contribution in [0.25, 0.3) is 0 Å². The van der Waals surface area contributed by atoms with Crippen LogP contribution >= 0.6 is 0 Å². The number of rotatable bonds is 7. The highest BCUT2D eigenvalue weighted by Crippen LogP contribution is 2.30. The van der Waals surface area contributed by atoms with Crippen LogP contribution in [0.3, 0.4) is 0 Å². The van der Waals surface area contributed by atoms with Crippen LogP contribution in [0.2, 0.25) is 0 Å². The Bertz CT molecular complexity index is 497. The predicted molar refractivity (Wildman–Crippen MR) is 84.6 cm³/mol. The largest absolute Gasteiger partial charge is 0.382 e. The van der Waals surface area contributed by atoms with Crippen molar-refractivity contribution in [1.29, 1.82) is 0 Å². The molecule has 0 aromatic carbocycles. The summed E-state index contributed by atoms with van der Waals surface area (Å²) in [4.78, 5) is 23.3. The molecule has 0 unspecified atom stereocenters. The molecule has 1 fully saturated rings. The summed E-state index contributed by atoms with van der Waals surface area (Å²) in [7, 11) is 1.86. The number of hydrogen-bond acceptors (Lipinski definition) is 4. The first-order valence-corrected chi connectivity index (χ1v) is 7.89. The van der Waals surface area contributed by atoms with E-state index in [4.69, 9.17) is 0 Å². The zero-order chi connectivity index (χ0) is 15.4. The molecular weight excluding hydrogens is 264 g/mol. The second kappa shape index (κ2) is 6.87. The van der Waals surface area contributed by atoms with Crippen molar-refractivity contribution in [2.75, 3.05) is 25.5 Å². The predicted octanol–water partition coefficient (Wildman–Crippen LogP) is 2.90. The number of nitrogens with zero attached hydrogens (tertiary/aromatic N) is 3. The Morgan fingerprint density at radius 2 is 2.19 bits per heavy atom. The van der Waals surface area contributed by atoms with Crippen LogP contribution in [0, 0.1) is 5.92 Å². The lowest BCUT2D eigenvalue weighted by atomic mass is 10.2. The molecule has 5 heteroatoms. The summed E-state index contributed by atoms with van der Waals surface area (Å²) in [5.74, 6) is 1.60. The molecular formula is C16H26N4O. The van der Waals surface area contributed by atoms with Crippen LogP contribution in [0.15, 0.2) is 6.20 Å². The Hall–Kier alpha value is -1.65. The van der Waals surface area contributed by atoms with E-state index in [-0.39, 0.29) is 11.8 Å². The van der Waals surface area contributed by atoms with Gasteiger partial charge >= 0.3 is 0 Å². The molecule has 0 saturated heterocycles. The Balaban J connectivity index is 2.22. The first kappa shape index (κ1) is 15.7. The lowest BCUT2D eigenvalue weighted by Crippen LogP contribution is -2.30. The van der Waals surface area contributed by atoms with Gasteiger partial charge in [-0.3, -0.25) is 4.79 Å². The van der Waals surface area contributed by atoms with Gasteiger partial charge in [0, 0.05) is 26.1 Å². The number of nitrogens with one attached hydrogen (secondary N) is 1. The molecule has 0 bridgehead atoms. The van der Waals surface area contributed by atoms with Gasteiger partial charge in [0.1, 0.15) is 5.82 Å². The number of amides is 1. The van der Waals surface area contributed by atoms with Crippen molar-refractivity contribution in [2.45, 2.75) is 46.0 Å². The molecule has 1 aromatic rings. The minimum Gasteiger partial charge on any atom is -0.382 e. The third-order valence-electron chi connectivity index (χ3n) is 3.67. The van der Waals surface area contributed by atoms with Gasteiger partial charge in [0.15, 0.2) is 5.69 Å². The van der Waals surface area contributed by atoms with Crippen LogP contribution in [-0.4, -0.2) is 40.9 Å². The zero-order valence-corrected chi connectivity index (χ0v) is 13.5. The van der Waals surface area contributed by atoms with Gasteiger partial charge in [0.2, 0.25) is 0 Å². The van der Waals surface area contributed by atoms with Gasteiger partial charge in [0.05, 0.1) is 11.9 Å². The summed E-state index contributed by atoms with van der Waals surface area (Å²) >= 11 is 0. The van der Waals surface area contributed by atoms with Crippen molar-refractivity contribution >= 4 is 11.6 Å². The molecule has 1 aromatic heterocycles. The summed E-state index contributed by atoms with van der Waals surface area (Å²) in [5, 5.41) is 3.26. The Kier molecular flexibility index (Phi) is 5.15. The normalized spacial score (nSPS) is 14.3. The second-order valence-corrected chi connectivity index (χ2v) is 6.20. The average molecular weight is 290 g/mol. The fourth-order valence-corrected chi connectivity index (χ4v) is 2.18. The lowest BCUT2D eigenvalue weighted by Gasteiger charge is -2.19. The maximum Gasteiger partial charge on any atom is 0.274 e. The van der Waals surface area contributed by atoms with Gasteiger partial charge in [-0.25, -0.2) is 9.97 Å². The van der Waals surface area contributed by atoms with Crippen LogP contribution in [0.4, 0.5) is 5.69 Å². The molecule has 1 amide bonds. The van der Waals surface area contributed by atoms with Crippen LogP contribution in [-0.2, 0) is 0 Å². The molecule has 0 atom stereocenters. The molecule has 1 N–H and O–H groups in total. The average Bonchev–Trinajstić information content (AvgIpc) is 3.27. The number of hydrogen-bond donors (Lipinski definition) is 1. The van der Waals surface area contributed by atoms with E-state index in [0.717, 1.165) is 31.0 Å². The summed E-state index contributed by atoms with van der Waals surface area (Å²) < 4.78 is 0. The summed E-state index contributed by atoms with van der Waals surface area (Å²) in [6.45, 7) is 7.81. The van der Waals surface area contributed by atoms with E-state index in [1.54, 1.807) is 11.1 Å². The molecule has 0 aliphatic heterocycles. The lowest BCUT2D eigenvalue weighted by molar-refractivity contribution is 0.0783. The molecule has 5 nitrogen and oxygen atoms in total. The molecule has 21 heavy (non-hydrogen) atoms. The maximum atomic E-state index is 12.7. The van der Waals surface area contributed by atoms with Crippen molar-refractivity contribution in [1.82, 2.24) is 14.9 Å². The third kappa shape index (κ3) is 4.16. The van der Waals surface area contributed by atoms with E-state index in [2.05, 4.69) is 22.2 Å². The highest BCUT2D eigenvalue weighted by Gasteiger charge is 2.27. The van der Waals surface area contributed by atoms with Crippen molar-refractivity contribution in [3.8, 4) is 0 Å². The van der Waals surface area contributed by atoms with Gasteiger partial charge in [-0.15, -0.1) is 0 Å². The summed E-state index contributed by atoms with van der Waals surface area (Å²) in [5.41, 5.74) is 1.25. The SMILES string of the molecule is CCCNc1cnc(C(C)C)nc1C(=O)N(C)CC1CC1. The fourth-order valence-electron chi connectivity index (χ4n) is 2.18. The molecule has 2 rings (SSSR count). The van der Waals surface area contributed by atoms with E-state index in [0.29, 0.717) is 11.6 Å². The highest BCUT2D eigenvalue weighted by molar-refractivity contribution is 5.97. The number of aromatic nitrogens is 2. The van der Waals surface area contributed by atoms with Crippen LogP contribution in [0.5, 0.6) is 0 Å². The molecule has 1 saturated carbocycles. The van der Waals surface area contributed by atoms with Crippen molar-refractivity contribution in [3.63, 3.8) is 0 Å². The van der Waals surface area contributed by atoms with Gasteiger partial charge in [0.25, 0.3) is 5.91 Å². The molecule has 1 aliphatic rings. The van der Waals surface area contributed by atoms with E-state index in [1.807, 2.05) is 20.9 Å². The smallest absolute Gasteiger partial charge is 0.274 e. The van der Waals surface area contributed by atoms with E-state index in [9.17, 15) is 4.79 Å². The monoisotopic (exact) mass is 290 g/mol. The van der Waals surface area contributed by atoms with Crippen molar-refractivity contribution < 1.29 is 4.79 Å². The van der Waals surface area contributed by atoms with E-state index < -0.39 is 0 Å². The Labute approximate surface area is 127 Å². The number of anilines is 1. The molecule has 0 spiro atoms. The highest BCUT2D eigenvalue weighted by atomic mass is 16.2. The topological polar surface area (TPSA) is 58.1 Å². The van der Waals surface area contributed by atoms with Gasteiger partial charge in [-0.2, -0.15) is 0 Å². The minimum atomic E-state index is -0.00944. The van der Waals surface area contributed by atoms with Crippen molar-refractivity contribution in [3.05, 3.63) is 17.7 Å². The second-order valence-electron chi connectivity index (χ2n) is 6.20. The molecule has 0 radical (unpaired) electrons. The first-order valence-electron chi connectivity index (χ1n) is 7.89. The summed E-state index contributed by atoms with van der Waals surface area (Å²) in [6.07, 6.45) is 5.22. The first-order chi connectivity index (χ1) is 10.0. The van der Waals surface area contributed by atoms with Gasteiger partial charge in [-0.05, 0) is 25.2 Å². The van der Waals surface area contributed by atoms with E-state index >= 15 is 0 Å². The Morgan fingerprint density at radius 1 is 1.48 bits per heavy atom. The molecule has 116 valence electrons. The summed E-state index contributed by atoms with van der Waals surface area (Å²) in [6, 6.07) is 0. The maximum absolute atomic E-state index is 12.7. The van der Waals surface area contributed by atoms with Crippen LogP contribution in [0.1, 0.15) is 62.3 Å². The van der Waals surface area contributed by atoms with E-state index in [1.165, 1.54) is 12.8 Å². The standard InChI is InChI=1S/C16H26N4O/c1-5-8-17-13-9-18-15(11(2)3)19-14(13)16(21)20(4)10-12-6-7-12/h9,11-12,17H,5-8,10H2,1-4H3. The Morgan fingerprint density at radius 3 is 2.76 bits per heavy atom. The van der Waals surface area contributed by atoms with Gasteiger partial charge < -0.3 is 10.2 Å². The number of carbonyl (C=O) groups excluding carboxylic acids is 1. The quantitative estimate of drug-likeness (QED) is 0.839. The van der Waals surface area contributed by atoms with Crippen LogP contribution < -0.4 is 5.32 Å². The zero-order valence-electron chi connectivity index (χ0n) is 13.5. The fraction of sp³-hybridized carbons (Fsp3) is 0.688. The number of carbonyl (C=O) groups is 1. The minimum absolute atomic E-state index is 0.00944.